The molecular weight excluding hydrogens is 577 g/mol. The lowest BCUT2D eigenvalue weighted by atomic mass is 10.0. The van der Waals surface area contributed by atoms with Crippen LogP contribution in [0.1, 0.15) is 48.2 Å². The van der Waals surface area contributed by atoms with E-state index in [9.17, 15) is 18.0 Å². The molecule has 8 nitrogen and oxygen atoms in total. The van der Waals surface area contributed by atoms with Crippen LogP contribution in [0.3, 0.4) is 0 Å². The van der Waals surface area contributed by atoms with Crippen molar-refractivity contribution >= 4 is 41.0 Å². The Morgan fingerprint density at radius 1 is 1.09 bits per heavy atom. The third-order valence-corrected chi connectivity index (χ3v) is 6.74. The fourth-order valence-electron chi connectivity index (χ4n) is 4.42. The Bertz CT molecular complexity index is 1620. The topological polar surface area (TPSA) is 89.0 Å². The Balaban J connectivity index is 1.52. The number of thiocarbonyl (C=S) groups is 1. The first-order valence-corrected chi connectivity index (χ1v) is 13.8. The summed E-state index contributed by atoms with van der Waals surface area (Å²) in [6.07, 6.45) is -3.14. The summed E-state index contributed by atoms with van der Waals surface area (Å²) in [4.78, 5) is 14.5. The highest BCUT2D eigenvalue weighted by molar-refractivity contribution is 7.80. The highest BCUT2D eigenvalue weighted by atomic mass is 32.1. The number of carbonyl (C=O) groups excluding carboxylic acids is 1. The Hall–Kier alpha value is -4.71. The van der Waals surface area contributed by atoms with Gasteiger partial charge >= 0.3 is 6.36 Å². The number of anilines is 2. The molecule has 1 heterocycles. The average molecular weight is 609 g/mol. The van der Waals surface area contributed by atoms with Crippen LogP contribution >= 0.6 is 12.2 Å². The molecule has 43 heavy (non-hydrogen) atoms. The molecule has 0 spiro atoms. The maximum Gasteiger partial charge on any atom is 0.573 e. The fourth-order valence-corrected chi connectivity index (χ4v) is 4.56. The van der Waals surface area contributed by atoms with E-state index in [4.69, 9.17) is 18.0 Å². The molecule has 1 amide bonds. The first-order valence-electron chi connectivity index (χ1n) is 13.4. The van der Waals surface area contributed by atoms with Crippen molar-refractivity contribution < 1.29 is 22.7 Å². The summed E-state index contributed by atoms with van der Waals surface area (Å²) in [5.74, 6) is -0.0321. The number of alkyl halides is 3. The molecule has 0 unspecified atom stereocenters. The summed E-state index contributed by atoms with van der Waals surface area (Å²) in [7, 11) is 1.58. The Morgan fingerprint density at radius 3 is 2.33 bits per heavy atom. The second-order valence-electron chi connectivity index (χ2n) is 9.87. The zero-order chi connectivity index (χ0) is 31.3. The van der Waals surface area contributed by atoms with Crippen molar-refractivity contribution in [2.24, 2.45) is 10.8 Å². The van der Waals surface area contributed by atoms with Gasteiger partial charge in [-0.25, -0.2) is 9.69 Å². The molecule has 4 rings (SSSR count). The van der Waals surface area contributed by atoms with E-state index in [1.54, 1.807) is 24.0 Å². The molecule has 3 aromatic carbocycles. The van der Waals surface area contributed by atoms with Gasteiger partial charge in [-0.1, -0.05) is 56.3 Å². The van der Waals surface area contributed by atoms with Gasteiger partial charge in [0.1, 0.15) is 11.6 Å². The van der Waals surface area contributed by atoms with Crippen molar-refractivity contribution in [2.75, 3.05) is 17.0 Å². The maximum atomic E-state index is 13.1. The van der Waals surface area contributed by atoms with E-state index >= 15 is 0 Å². The smallest absolute Gasteiger partial charge is 0.406 e. The normalized spacial score (nSPS) is 11.6. The number of aryl methyl sites for hydroxylation is 1. The maximum absolute atomic E-state index is 13.1. The molecule has 0 saturated heterocycles. The van der Waals surface area contributed by atoms with Gasteiger partial charge in [0.05, 0.1) is 17.6 Å². The highest BCUT2D eigenvalue weighted by Crippen LogP contribution is 2.29. The van der Waals surface area contributed by atoms with Gasteiger partial charge in [0.25, 0.3) is 5.91 Å². The summed E-state index contributed by atoms with van der Waals surface area (Å²) < 4.78 is 43.0. The summed E-state index contributed by atoms with van der Waals surface area (Å²) in [6.45, 7) is 6.56. The number of halogens is 3. The van der Waals surface area contributed by atoms with E-state index in [2.05, 4.69) is 28.8 Å². The SMILES string of the molecule is CCn1nc(-c2ccc(/C=N/N(C(N)=S)c3ccccc3C(C)C)cc2)cc1N(C)C(=O)c1ccc(OC(F)(F)F)cc1. The molecule has 0 saturated carbocycles. The second-order valence-corrected chi connectivity index (χ2v) is 10.3. The number of nitrogens with two attached hydrogens (primary N) is 1. The highest BCUT2D eigenvalue weighted by Gasteiger charge is 2.31. The first kappa shape index (κ1) is 31.2. The molecule has 0 aliphatic rings. The summed E-state index contributed by atoms with van der Waals surface area (Å²) >= 11 is 5.27. The minimum absolute atomic E-state index is 0.128. The van der Waals surface area contributed by atoms with Gasteiger partial charge < -0.3 is 10.5 Å². The Morgan fingerprint density at radius 2 is 1.74 bits per heavy atom. The minimum Gasteiger partial charge on any atom is -0.406 e. The molecule has 12 heteroatoms. The molecule has 0 bridgehead atoms. The van der Waals surface area contributed by atoms with E-state index in [1.165, 1.54) is 22.0 Å². The molecule has 4 aromatic rings. The number of hydrazone groups is 1. The van der Waals surface area contributed by atoms with E-state index in [1.807, 2.05) is 55.5 Å². The van der Waals surface area contributed by atoms with Crippen molar-refractivity contribution in [1.29, 1.82) is 0 Å². The Kier molecular flexibility index (Phi) is 9.50. The van der Waals surface area contributed by atoms with Crippen molar-refractivity contribution in [3.63, 3.8) is 0 Å². The predicted octanol–water partition coefficient (Wildman–Crippen LogP) is 6.95. The zero-order valence-corrected chi connectivity index (χ0v) is 24.9. The molecule has 0 atom stereocenters. The van der Waals surface area contributed by atoms with Gasteiger partial charge in [-0.3, -0.25) is 9.69 Å². The van der Waals surface area contributed by atoms with Crippen LogP contribution in [0.2, 0.25) is 0 Å². The number of nitrogens with zero attached hydrogens (tertiary/aromatic N) is 5. The number of rotatable bonds is 9. The Labute approximate surface area is 253 Å². The van der Waals surface area contributed by atoms with E-state index in [0.29, 0.717) is 18.1 Å². The minimum atomic E-state index is -4.81. The zero-order valence-electron chi connectivity index (χ0n) is 24.0. The number of benzene rings is 3. The first-order chi connectivity index (χ1) is 20.4. The number of carbonyl (C=O) groups is 1. The summed E-state index contributed by atoms with van der Waals surface area (Å²) in [5.41, 5.74) is 10.4. The quantitative estimate of drug-likeness (QED) is 0.126. The molecule has 2 N–H and O–H groups in total. The van der Waals surface area contributed by atoms with Crippen molar-refractivity contribution in [1.82, 2.24) is 9.78 Å². The number of amides is 1. The van der Waals surface area contributed by atoms with E-state index < -0.39 is 18.0 Å². The van der Waals surface area contributed by atoms with Gasteiger partial charge in [0.2, 0.25) is 0 Å². The van der Waals surface area contributed by atoms with Crippen LogP contribution in [0.25, 0.3) is 11.3 Å². The molecule has 0 aliphatic carbocycles. The standard InChI is InChI=1S/C31H31F3N6O2S/c1-5-39-28(38(4)29(41)23-14-16-24(17-15-23)42-31(32,33)34)18-26(37-39)22-12-10-21(11-13-22)19-36-40(30(35)43)27-9-7-6-8-25(27)20(2)3/h6-20H,5H2,1-4H3,(H2,35,43)/b36-19+. The van der Waals surface area contributed by atoms with Crippen LogP contribution in [-0.2, 0) is 6.54 Å². The largest absolute Gasteiger partial charge is 0.573 e. The summed E-state index contributed by atoms with van der Waals surface area (Å²) in [5, 5.41) is 10.9. The lowest BCUT2D eigenvalue weighted by Gasteiger charge is -2.21. The van der Waals surface area contributed by atoms with Crippen LogP contribution in [-0.4, -0.2) is 40.4 Å². The van der Waals surface area contributed by atoms with Crippen LogP contribution in [0.5, 0.6) is 5.75 Å². The molecule has 0 aliphatic heterocycles. The molecule has 224 valence electrons. The lowest BCUT2D eigenvalue weighted by molar-refractivity contribution is -0.274. The van der Waals surface area contributed by atoms with Gasteiger partial charge in [0.15, 0.2) is 5.11 Å². The van der Waals surface area contributed by atoms with Crippen molar-refractivity contribution in [2.45, 2.75) is 39.6 Å². The third-order valence-electron chi connectivity index (χ3n) is 6.57. The number of ether oxygens (including phenoxy) is 1. The molecule has 1 aromatic heterocycles. The summed E-state index contributed by atoms with van der Waals surface area (Å²) in [6, 6.07) is 21.9. The van der Waals surface area contributed by atoms with Gasteiger partial charge in [-0.15, -0.1) is 13.2 Å². The van der Waals surface area contributed by atoms with Crippen molar-refractivity contribution in [3.8, 4) is 17.0 Å². The van der Waals surface area contributed by atoms with Gasteiger partial charge in [-0.2, -0.15) is 10.2 Å². The van der Waals surface area contributed by atoms with Crippen molar-refractivity contribution in [3.05, 3.63) is 95.6 Å². The number of aromatic nitrogens is 2. The van der Waals surface area contributed by atoms with Crippen LogP contribution in [0.15, 0.2) is 84.0 Å². The van der Waals surface area contributed by atoms with E-state index in [-0.39, 0.29) is 16.6 Å². The van der Waals surface area contributed by atoms with Crippen LogP contribution in [0, 0.1) is 0 Å². The van der Waals surface area contributed by atoms with Crippen LogP contribution in [0.4, 0.5) is 24.7 Å². The number of para-hydroxylation sites is 1. The second kappa shape index (κ2) is 13.1. The van der Waals surface area contributed by atoms with Gasteiger partial charge in [0, 0.05) is 30.8 Å². The molecule has 0 radical (unpaired) electrons. The van der Waals surface area contributed by atoms with E-state index in [0.717, 1.165) is 34.5 Å². The molecular formula is C31H31F3N6O2S. The monoisotopic (exact) mass is 608 g/mol. The lowest BCUT2D eigenvalue weighted by Crippen LogP contribution is -2.31. The van der Waals surface area contributed by atoms with Crippen LogP contribution < -0.4 is 20.4 Å². The number of hydrogen-bond acceptors (Lipinski definition) is 5. The average Bonchev–Trinajstić information content (AvgIpc) is 3.41. The third kappa shape index (κ3) is 7.58. The molecule has 0 fully saturated rings. The van der Waals surface area contributed by atoms with Gasteiger partial charge in [-0.05, 0) is 66.5 Å². The fraction of sp³-hybridized carbons (Fsp3) is 0.226. The predicted molar refractivity (Wildman–Crippen MR) is 167 cm³/mol. The number of hydrogen-bond donors (Lipinski definition) is 1.